The number of pyridine rings is 1. The molecule has 2 nitrogen and oxygen atoms in total. The molecule has 0 fully saturated rings. The summed E-state index contributed by atoms with van der Waals surface area (Å²) in [5.41, 5.74) is 6.99. The van der Waals surface area contributed by atoms with Crippen molar-refractivity contribution < 1.29 is 0 Å². The molecule has 1 atom stereocenters. The van der Waals surface area contributed by atoms with Gasteiger partial charge < -0.3 is 5.73 Å². The predicted octanol–water partition coefficient (Wildman–Crippen LogP) is 2.14. The monoisotopic (exact) mass is 178 g/mol. The second kappa shape index (κ2) is 5.70. The third-order valence-electron chi connectivity index (χ3n) is 2.10. The molecule has 2 N–H and O–H groups in total. The van der Waals surface area contributed by atoms with Gasteiger partial charge in [0.25, 0.3) is 0 Å². The molecular formula is C11H18N2. The van der Waals surface area contributed by atoms with Crippen LogP contribution in [-0.4, -0.2) is 11.0 Å². The van der Waals surface area contributed by atoms with Crippen LogP contribution in [-0.2, 0) is 6.42 Å². The lowest BCUT2D eigenvalue weighted by Crippen LogP contribution is -2.14. The molecule has 0 amide bonds. The first-order chi connectivity index (χ1) is 6.29. The Morgan fingerprint density at radius 2 is 2.31 bits per heavy atom. The number of hydrogen-bond acceptors (Lipinski definition) is 2. The third kappa shape index (κ3) is 4.63. The summed E-state index contributed by atoms with van der Waals surface area (Å²) in [6, 6.07) is 4.45. The predicted molar refractivity (Wildman–Crippen MR) is 55.4 cm³/mol. The standard InChI is InChI=1S/C11H18N2/c1-10(12)5-2-3-6-11-7-4-8-13-9-11/h4,7-10H,2-3,5-6,12H2,1H3. The molecular weight excluding hydrogens is 160 g/mol. The van der Waals surface area contributed by atoms with Gasteiger partial charge in [-0.15, -0.1) is 0 Å². The summed E-state index contributed by atoms with van der Waals surface area (Å²) in [6.45, 7) is 2.06. The average molecular weight is 178 g/mol. The van der Waals surface area contributed by atoms with E-state index in [0.29, 0.717) is 6.04 Å². The Morgan fingerprint density at radius 3 is 2.92 bits per heavy atom. The highest BCUT2D eigenvalue weighted by Crippen LogP contribution is 2.05. The Hall–Kier alpha value is -0.890. The van der Waals surface area contributed by atoms with Gasteiger partial charge in [0.15, 0.2) is 0 Å². The van der Waals surface area contributed by atoms with Gasteiger partial charge in [0.2, 0.25) is 0 Å². The molecule has 0 saturated heterocycles. The van der Waals surface area contributed by atoms with E-state index in [1.54, 1.807) is 0 Å². The number of nitrogens with two attached hydrogens (primary N) is 1. The van der Waals surface area contributed by atoms with E-state index in [-0.39, 0.29) is 0 Å². The lowest BCUT2D eigenvalue weighted by Gasteiger charge is -2.03. The first-order valence-electron chi connectivity index (χ1n) is 4.93. The Morgan fingerprint density at radius 1 is 1.46 bits per heavy atom. The van der Waals surface area contributed by atoms with Crippen LogP contribution in [0.1, 0.15) is 31.7 Å². The molecule has 0 aliphatic rings. The third-order valence-corrected chi connectivity index (χ3v) is 2.10. The molecule has 1 unspecified atom stereocenters. The van der Waals surface area contributed by atoms with Crippen LogP contribution < -0.4 is 5.73 Å². The molecule has 13 heavy (non-hydrogen) atoms. The van der Waals surface area contributed by atoms with E-state index in [2.05, 4.69) is 18.0 Å². The lowest BCUT2D eigenvalue weighted by molar-refractivity contribution is 0.597. The second-order valence-electron chi connectivity index (χ2n) is 3.58. The number of aromatic nitrogens is 1. The molecule has 1 aromatic heterocycles. The number of aryl methyl sites for hydroxylation is 1. The van der Waals surface area contributed by atoms with Gasteiger partial charge in [-0.3, -0.25) is 4.98 Å². The van der Waals surface area contributed by atoms with Crippen molar-refractivity contribution in [3.8, 4) is 0 Å². The smallest absolute Gasteiger partial charge is 0.0299 e. The Bertz CT molecular complexity index is 219. The number of unbranched alkanes of at least 4 members (excludes halogenated alkanes) is 1. The van der Waals surface area contributed by atoms with Crippen LogP contribution in [0.4, 0.5) is 0 Å². The van der Waals surface area contributed by atoms with Crippen LogP contribution in [0.3, 0.4) is 0 Å². The van der Waals surface area contributed by atoms with Crippen molar-refractivity contribution in [2.75, 3.05) is 0 Å². The van der Waals surface area contributed by atoms with Crippen molar-refractivity contribution in [2.45, 2.75) is 38.6 Å². The Balaban J connectivity index is 2.13. The zero-order valence-electron chi connectivity index (χ0n) is 8.24. The maximum Gasteiger partial charge on any atom is 0.0299 e. The van der Waals surface area contributed by atoms with Crippen LogP contribution in [0.25, 0.3) is 0 Å². The molecule has 1 heterocycles. The van der Waals surface area contributed by atoms with Gasteiger partial charge in [-0.1, -0.05) is 12.5 Å². The molecule has 0 saturated carbocycles. The summed E-state index contributed by atoms with van der Waals surface area (Å²) in [6.07, 6.45) is 8.43. The zero-order valence-corrected chi connectivity index (χ0v) is 8.24. The summed E-state index contributed by atoms with van der Waals surface area (Å²) in [5.74, 6) is 0. The van der Waals surface area contributed by atoms with Gasteiger partial charge in [0.1, 0.15) is 0 Å². The Labute approximate surface area is 80.2 Å². The van der Waals surface area contributed by atoms with E-state index >= 15 is 0 Å². The van der Waals surface area contributed by atoms with Gasteiger partial charge >= 0.3 is 0 Å². The van der Waals surface area contributed by atoms with Gasteiger partial charge in [-0.25, -0.2) is 0 Å². The molecule has 1 aromatic rings. The lowest BCUT2D eigenvalue weighted by atomic mass is 10.1. The minimum absolute atomic E-state index is 0.342. The van der Waals surface area contributed by atoms with E-state index in [4.69, 9.17) is 5.73 Å². The van der Waals surface area contributed by atoms with Crippen LogP contribution in [0, 0.1) is 0 Å². The number of hydrogen-bond donors (Lipinski definition) is 1. The van der Waals surface area contributed by atoms with Gasteiger partial charge in [0.05, 0.1) is 0 Å². The number of nitrogens with zero attached hydrogens (tertiary/aromatic N) is 1. The summed E-state index contributed by atoms with van der Waals surface area (Å²) >= 11 is 0. The van der Waals surface area contributed by atoms with E-state index in [1.165, 1.54) is 18.4 Å². The van der Waals surface area contributed by atoms with Gasteiger partial charge in [0, 0.05) is 18.4 Å². The van der Waals surface area contributed by atoms with E-state index in [0.717, 1.165) is 12.8 Å². The maximum absolute atomic E-state index is 5.66. The van der Waals surface area contributed by atoms with Crippen molar-refractivity contribution in [3.63, 3.8) is 0 Å². The fraction of sp³-hybridized carbons (Fsp3) is 0.545. The molecule has 1 rings (SSSR count). The molecule has 0 aliphatic heterocycles. The minimum atomic E-state index is 0.342. The molecule has 2 heteroatoms. The largest absolute Gasteiger partial charge is 0.328 e. The van der Waals surface area contributed by atoms with Crippen molar-refractivity contribution in [3.05, 3.63) is 30.1 Å². The van der Waals surface area contributed by atoms with E-state index in [1.807, 2.05) is 18.5 Å². The summed E-state index contributed by atoms with van der Waals surface area (Å²) in [4.78, 5) is 4.07. The molecule has 72 valence electrons. The topological polar surface area (TPSA) is 38.9 Å². The van der Waals surface area contributed by atoms with Crippen molar-refractivity contribution in [2.24, 2.45) is 5.73 Å². The second-order valence-corrected chi connectivity index (χ2v) is 3.58. The van der Waals surface area contributed by atoms with Crippen molar-refractivity contribution in [1.29, 1.82) is 0 Å². The summed E-state index contributed by atoms with van der Waals surface area (Å²) in [5, 5.41) is 0. The maximum atomic E-state index is 5.66. The first kappa shape index (κ1) is 10.2. The number of rotatable bonds is 5. The molecule has 0 radical (unpaired) electrons. The molecule has 0 spiro atoms. The van der Waals surface area contributed by atoms with Crippen LogP contribution in [0.2, 0.25) is 0 Å². The summed E-state index contributed by atoms with van der Waals surface area (Å²) < 4.78 is 0. The van der Waals surface area contributed by atoms with Crippen LogP contribution in [0.5, 0.6) is 0 Å². The van der Waals surface area contributed by atoms with E-state index in [9.17, 15) is 0 Å². The highest BCUT2D eigenvalue weighted by atomic mass is 14.6. The quantitative estimate of drug-likeness (QED) is 0.702. The van der Waals surface area contributed by atoms with Crippen LogP contribution in [0.15, 0.2) is 24.5 Å². The molecule has 0 bridgehead atoms. The highest BCUT2D eigenvalue weighted by molar-refractivity contribution is 5.08. The Kier molecular flexibility index (Phi) is 4.47. The van der Waals surface area contributed by atoms with Gasteiger partial charge in [-0.2, -0.15) is 0 Å². The van der Waals surface area contributed by atoms with E-state index < -0.39 is 0 Å². The molecule has 0 aromatic carbocycles. The minimum Gasteiger partial charge on any atom is -0.328 e. The van der Waals surface area contributed by atoms with Gasteiger partial charge in [-0.05, 0) is 37.8 Å². The average Bonchev–Trinajstić information content (AvgIpc) is 2.14. The summed E-state index contributed by atoms with van der Waals surface area (Å²) in [7, 11) is 0. The first-order valence-corrected chi connectivity index (χ1v) is 4.93. The fourth-order valence-corrected chi connectivity index (χ4v) is 1.34. The zero-order chi connectivity index (χ0) is 9.52. The highest BCUT2D eigenvalue weighted by Gasteiger charge is 1.95. The van der Waals surface area contributed by atoms with Crippen LogP contribution >= 0.6 is 0 Å². The van der Waals surface area contributed by atoms with Crippen molar-refractivity contribution in [1.82, 2.24) is 4.98 Å². The fourth-order valence-electron chi connectivity index (χ4n) is 1.34. The normalized spacial score (nSPS) is 12.8. The van der Waals surface area contributed by atoms with Crippen molar-refractivity contribution >= 4 is 0 Å². The SMILES string of the molecule is CC(N)CCCCc1cccnc1. The molecule has 0 aliphatic carbocycles.